The molecule has 2 aromatic carbocycles. The summed E-state index contributed by atoms with van der Waals surface area (Å²) in [5.41, 5.74) is 1.61. The van der Waals surface area contributed by atoms with E-state index in [2.05, 4.69) is 15.5 Å². The molecule has 7 nitrogen and oxygen atoms in total. The molecule has 29 heavy (non-hydrogen) atoms. The Morgan fingerprint density at radius 3 is 2.66 bits per heavy atom. The molecule has 0 aliphatic carbocycles. The first-order valence-electron chi connectivity index (χ1n) is 8.80. The van der Waals surface area contributed by atoms with Crippen molar-refractivity contribution in [2.75, 3.05) is 18.2 Å². The van der Waals surface area contributed by atoms with Gasteiger partial charge in [-0.1, -0.05) is 17.8 Å². The van der Waals surface area contributed by atoms with Crippen molar-refractivity contribution < 1.29 is 18.7 Å². The van der Waals surface area contributed by atoms with Crippen LogP contribution in [-0.4, -0.2) is 33.5 Å². The Kier molecular flexibility index (Phi) is 6.71. The Labute approximate surface area is 172 Å². The van der Waals surface area contributed by atoms with E-state index in [1.807, 2.05) is 32.2 Å². The Morgan fingerprint density at radius 1 is 1.17 bits per heavy atom. The van der Waals surface area contributed by atoms with Crippen LogP contribution in [0.3, 0.4) is 0 Å². The maximum Gasteiger partial charge on any atom is 0.234 e. The number of carbonyl (C=O) groups excluding carboxylic acids is 1. The van der Waals surface area contributed by atoms with Gasteiger partial charge >= 0.3 is 0 Å². The summed E-state index contributed by atoms with van der Waals surface area (Å²) in [6.45, 7) is 2.19. The van der Waals surface area contributed by atoms with Gasteiger partial charge in [0.2, 0.25) is 5.91 Å². The lowest BCUT2D eigenvalue weighted by molar-refractivity contribution is -0.113. The van der Waals surface area contributed by atoms with E-state index in [1.165, 1.54) is 36.0 Å². The fourth-order valence-electron chi connectivity index (χ4n) is 2.49. The molecule has 0 bridgehead atoms. The summed E-state index contributed by atoms with van der Waals surface area (Å²) in [4.78, 5) is 12.1. The summed E-state index contributed by atoms with van der Waals surface area (Å²) in [5.74, 6) is 1.47. The number of aromatic nitrogens is 3. The molecule has 0 aliphatic heterocycles. The van der Waals surface area contributed by atoms with Gasteiger partial charge in [-0.25, -0.2) is 4.39 Å². The molecule has 9 heteroatoms. The summed E-state index contributed by atoms with van der Waals surface area (Å²) >= 11 is 1.25. The molecule has 0 saturated carbocycles. The number of hydrogen-bond donors (Lipinski definition) is 1. The highest BCUT2D eigenvalue weighted by Gasteiger charge is 2.13. The van der Waals surface area contributed by atoms with Crippen LogP contribution in [0.1, 0.15) is 11.4 Å². The van der Waals surface area contributed by atoms with Crippen LogP contribution in [0.5, 0.6) is 11.5 Å². The van der Waals surface area contributed by atoms with Gasteiger partial charge in [0.05, 0.1) is 12.9 Å². The molecule has 0 spiro atoms. The van der Waals surface area contributed by atoms with Crippen LogP contribution >= 0.6 is 11.8 Å². The highest BCUT2D eigenvalue weighted by atomic mass is 32.2. The van der Waals surface area contributed by atoms with Crippen LogP contribution in [0.15, 0.2) is 47.6 Å². The minimum absolute atomic E-state index is 0.149. The van der Waals surface area contributed by atoms with Crippen molar-refractivity contribution in [3.05, 3.63) is 59.7 Å². The van der Waals surface area contributed by atoms with Crippen molar-refractivity contribution in [2.45, 2.75) is 18.7 Å². The number of nitrogens with zero attached hydrogens (tertiary/aromatic N) is 3. The van der Waals surface area contributed by atoms with Crippen LogP contribution in [0.2, 0.25) is 0 Å². The standard InChI is InChI=1S/C20H21FN4O3S/c1-13-4-9-16(17(10-13)27-3)28-11-18-23-24-20(25(18)2)29-12-19(26)22-15-7-5-14(21)6-8-15/h4-10H,11-12H2,1-3H3,(H,22,26). The zero-order valence-corrected chi connectivity index (χ0v) is 17.1. The Balaban J connectivity index is 1.55. The molecular formula is C20H21FN4O3S. The smallest absolute Gasteiger partial charge is 0.234 e. The maximum atomic E-state index is 12.9. The van der Waals surface area contributed by atoms with E-state index in [0.717, 1.165) is 5.56 Å². The quantitative estimate of drug-likeness (QED) is 0.566. The fourth-order valence-corrected chi connectivity index (χ4v) is 3.22. The van der Waals surface area contributed by atoms with E-state index in [1.54, 1.807) is 11.7 Å². The minimum Gasteiger partial charge on any atom is -0.493 e. The molecule has 1 amide bonds. The summed E-state index contributed by atoms with van der Waals surface area (Å²) in [6.07, 6.45) is 0. The molecule has 1 aromatic heterocycles. The zero-order chi connectivity index (χ0) is 20.8. The number of rotatable bonds is 8. The molecule has 152 valence electrons. The molecule has 3 rings (SSSR count). The van der Waals surface area contributed by atoms with Crippen molar-refractivity contribution in [1.82, 2.24) is 14.8 Å². The number of ether oxygens (including phenoxy) is 2. The van der Waals surface area contributed by atoms with E-state index >= 15 is 0 Å². The van der Waals surface area contributed by atoms with Crippen molar-refractivity contribution in [1.29, 1.82) is 0 Å². The summed E-state index contributed by atoms with van der Waals surface area (Å²) in [5, 5.41) is 11.5. The van der Waals surface area contributed by atoms with Crippen molar-refractivity contribution in [3.8, 4) is 11.5 Å². The zero-order valence-electron chi connectivity index (χ0n) is 16.3. The van der Waals surface area contributed by atoms with E-state index in [4.69, 9.17) is 9.47 Å². The van der Waals surface area contributed by atoms with E-state index in [0.29, 0.717) is 28.2 Å². The second-order valence-electron chi connectivity index (χ2n) is 6.24. The predicted molar refractivity (Wildman–Crippen MR) is 109 cm³/mol. The van der Waals surface area contributed by atoms with E-state index < -0.39 is 0 Å². The molecule has 0 unspecified atom stereocenters. The number of anilines is 1. The average molecular weight is 416 g/mol. The molecule has 0 atom stereocenters. The molecule has 0 fully saturated rings. The first-order chi connectivity index (χ1) is 14.0. The van der Waals surface area contributed by atoms with E-state index in [9.17, 15) is 9.18 Å². The number of carbonyl (C=O) groups is 1. The van der Waals surface area contributed by atoms with Gasteiger partial charge in [0.1, 0.15) is 12.4 Å². The molecule has 3 aromatic rings. The Hall–Kier alpha value is -3.07. The number of halogens is 1. The van der Waals surface area contributed by atoms with Gasteiger partial charge in [0.25, 0.3) is 0 Å². The molecular weight excluding hydrogens is 395 g/mol. The highest BCUT2D eigenvalue weighted by molar-refractivity contribution is 7.99. The average Bonchev–Trinajstić information content (AvgIpc) is 3.06. The normalized spacial score (nSPS) is 10.6. The number of thioether (sulfide) groups is 1. The third kappa shape index (κ3) is 5.47. The van der Waals surface area contributed by atoms with Crippen LogP contribution in [-0.2, 0) is 18.4 Å². The van der Waals surface area contributed by atoms with Gasteiger partial charge in [-0.2, -0.15) is 0 Å². The second-order valence-corrected chi connectivity index (χ2v) is 7.19. The monoisotopic (exact) mass is 416 g/mol. The molecule has 1 heterocycles. The summed E-state index contributed by atoms with van der Waals surface area (Å²) in [7, 11) is 3.40. The van der Waals surface area contributed by atoms with Gasteiger partial charge in [0, 0.05) is 12.7 Å². The number of amides is 1. The minimum atomic E-state index is -0.352. The van der Waals surface area contributed by atoms with Crippen LogP contribution in [0.4, 0.5) is 10.1 Å². The van der Waals surface area contributed by atoms with Crippen LogP contribution in [0.25, 0.3) is 0 Å². The lowest BCUT2D eigenvalue weighted by Crippen LogP contribution is -2.14. The van der Waals surface area contributed by atoms with Gasteiger partial charge in [-0.3, -0.25) is 4.79 Å². The molecule has 1 N–H and O–H groups in total. The number of benzene rings is 2. The number of methoxy groups -OCH3 is 1. The first-order valence-corrected chi connectivity index (χ1v) is 9.78. The SMILES string of the molecule is COc1cc(C)ccc1OCc1nnc(SCC(=O)Nc2ccc(F)cc2)n1C. The van der Waals surface area contributed by atoms with Crippen LogP contribution < -0.4 is 14.8 Å². The molecule has 0 aliphatic rings. The van der Waals surface area contributed by atoms with Gasteiger partial charge in [-0.05, 0) is 48.9 Å². The third-order valence-corrected chi connectivity index (χ3v) is 5.08. The highest BCUT2D eigenvalue weighted by Crippen LogP contribution is 2.28. The van der Waals surface area contributed by atoms with Crippen molar-refractivity contribution >= 4 is 23.4 Å². The van der Waals surface area contributed by atoms with Gasteiger partial charge in [-0.15, -0.1) is 10.2 Å². The number of nitrogens with one attached hydrogen (secondary N) is 1. The molecule has 0 saturated heterocycles. The second kappa shape index (κ2) is 9.42. The summed E-state index contributed by atoms with van der Waals surface area (Å²) < 4.78 is 25.8. The maximum absolute atomic E-state index is 12.9. The number of hydrogen-bond acceptors (Lipinski definition) is 6. The first kappa shape index (κ1) is 20.7. The summed E-state index contributed by atoms with van der Waals surface area (Å²) in [6, 6.07) is 11.3. The lowest BCUT2D eigenvalue weighted by Gasteiger charge is -2.11. The fraction of sp³-hybridized carbons (Fsp3) is 0.250. The largest absolute Gasteiger partial charge is 0.493 e. The van der Waals surface area contributed by atoms with Crippen molar-refractivity contribution in [2.24, 2.45) is 7.05 Å². The van der Waals surface area contributed by atoms with E-state index in [-0.39, 0.29) is 24.1 Å². The topological polar surface area (TPSA) is 78.3 Å². The predicted octanol–water partition coefficient (Wildman–Crippen LogP) is 3.58. The van der Waals surface area contributed by atoms with Crippen molar-refractivity contribution in [3.63, 3.8) is 0 Å². The Bertz CT molecular complexity index is 992. The molecule has 0 radical (unpaired) electrons. The third-order valence-electron chi connectivity index (χ3n) is 4.06. The van der Waals surface area contributed by atoms with Crippen LogP contribution in [0, 0.1) is 12.7 Å². The lowest BCUT2D eigenvalue weighted by atomic mass is 10.2. The Morgan fingerprint density at radius 2 is 1.93 bits per heavy atom. The van der Waals surface area contributed by atoms with Gasteiger partial charge in [0.15, 0.2) is 22.5 Å². The number of aryl methyl sites for hydroxylation is 1. The van der Waals surface area contributed by atoms with Gasteiger partial charge < -0.3 is 19.4 Å².